The van der Waals surface area contributed by atoms with Crippen LogP contribution in [0.5, 0.6) is 0 Å². The molecule has 0 aliphatic rings. The Kier molecular flexibility index (Phi) is 6.11. The molecule has 0 aliphatic carbocycles. The van der Waals surface area contributed by atoms with Crippen molar-refractivity contribution in [2.45, 2.75) is 37.8 Å². The standard InChI is InChI=1S/C20H24N4O3S/c1-15(2)24(3)28(25,26)18-11-9-17(10-12-18)21-14-20-22-19(23-27-20)13-16-7-5-4-6-8-16/h4-12,15,21H,13-14H2,1-3H3. The number of rotatable bonds is 8. The summed E-state index contributed by atoms with van der Waals surface area (Å²) < 4.78 is 31.6. The monoisotopic (exact) mass is 400 g/mol. The summed E-state index contributed by atoms with van der Waals surface area (Å²) in [6.07, 6.45) is 0.611. The van der Waals surface area contributed by atoms with Crippen molar-refractivity contribution < 1.29 is 12.9 Å². The second kappa shape index (κ2) is 8.53. The molecule has 0 saturated heterocycles. The third-order valence-electron chi connectivity index (χ3n) is 4.42. The summed E-state index contributed by atoms with van der Waals surface area (Å²) >= 11 is 0. The number of hydrogen-bond acceptors (Lipinski definition) is 6. The van der Waals surface area contributed by atoms with Crippen LogP contribution in [0.25, 0.3) is 0 Å². The van der Waals surface area contributed by atoms with E-state index in [9.17, 15) is 8.42 Å². The van der Waals surface area contributed by atoms with Crippen molar-refractivity contribution in [3.05, 3.63) is 71.9 Å². The highest BCUT2D eigenvalue weighted by molar-refractivity contribution is 7.89. The van der Waals surface area contributed by atoms with Gasteiger partial charge in [-0.1, -0.05) is 35.5 Å². The molecule has 0 saturated carbocycles. The summed E-state index contributed by atoms with van der Waals surface area (Å²) in [6.45, 7) is 4.04. The van der Waals surface area contributed by atoms with Crippen LogP contribution in [0.3, 0.4) is 0 Å². The molecule has 2 aromatic carbocycles. The van der Waals surface area contributed by atoms with Gasteiger partial charge >= 0.3 is 0 Å². The molecule has 0 atom stereocenters. The molecular formula is C20H24N4O3S. The van der Waals surface area contributed by atoms with Gasteiger partial charge in [-0.05, 0) is 43.7 Å². The van der Waals surface area contributed by atoms with Crippen molar-refractivity contribution in [3.8, 4) is 0 Å². The molecule has 0 unspecified atom stereocenters. The highest BCUT2D eigenvalue weighted by atomic mass is 32.2. The minimum Gasteiger partial charge on any atom is -0.376 e. The quantitative estimate of drug-likeness (QED) is 0.624. The molecule has 148 valence electrons. The number of aromatic nitrogens is 2. The van der Waals surface area contributed by atoms with Crippen molar-refractivity contribution >= 4 is 15.7 Å². The maximum absolute atomic E-state index is 12.5. The van der Waals surface area contributed by atoms with Crippen LogP contribution in [0.1, 0.15) is 31.1 Å². The molecule has 0 radical (unpaired) electrons. The molecule has 0 amide bonds. The average molecular weight is 401 g/mol. The van der Waals surface area contributed by atoms with Crippen LogP contribution in [0.4, 0.5) is 5.69 Å². The van der Waals surface area contributed by atoms with Crippen LogP contribution < -0.4 is 5.32 Å². The number of hydrogen-bond donors (Lipinski definition) is 1. The third kappa shape index (κ3) is 4.76. The number of benzene rings is 2. The van der Waals surface area contributed by atoms with E-state index in [-0.39, 0.29) is 10.9 Å². The Hall–Kier alpha value is -2.71. The predicted octanol–water partition coefficient (Wildman–Crippen LogP) is 3.30. The minimum absolute atomic E-state index is 0.106. The lowest BCUT2D eigenvalue weighted by Crippen LogP contribution is -2.33. The van der Waals surface area contributed by atoms with Gasteiger partial charge in [0.2, 0.25) is 15.9 Å². The fraction of sp³-hybridized carbons (Fsp3) is 0.300. The topological polar surface area (TPSA) is 88.3 Å². The zero-order valence-electron chi connectivity index (χ0n) is 16.2. The van der Waals surface area contributed by atoms with Crippen LogP contribution in [0.15, 0.2) is 64.0 Å². The van der Waals surface area contributed by atoms with Crippen molar-refractivity contribution in [1.82, 2.24) is 14.4 Å². The highest BCUT2D eigenvalue weighted by Crippen LogP contribution is 2.19. The molecule has 0 aliphatic heterocycles. The largest absolute Gasteiger partial charge is 0.376 e. The number of anilines is 1. The van der Waals surface area contributed by atoms with Crippen molar-refractivity contribution in [1.29, 1.82) is 0 Å². The summed E-state index contributed by atoms with van der Waals surface area (Å²) in [5.74, 6) is 1.10. The fourth-order valence-electron chi connectivity index (χ4n) is 2.58. The maximum Gasteiger partial charge on any atom is 0.245 e. The smallest absolute Gasteiger partial charge is 0.245 e. The van der Waals surface area contributed by atoms with Gasteiger partial charge in [0.1, 0.15) is 0 Å². The van der Waals surface area contributed by atoms with E-state index < -0.39 is 10.0 Å². The van der Waals surface area contributed by atoms with Gasteiger partial charge in [0.05, 0.1) is 11.4 Å². The predicted molar refractivity (Wildman–Crippen MR) is 107 cm³/mol. The van der Waals surface area contributed by atoms with E-state index in [1.807, 2.05) is 44.2 Å². The van der Waals surface area contributed by atoms with E-state index in [1.165, 1.54) is 4.31 Å². The first-order valence-electron chi connectivity index (χ1n) is 9.03. The average Bonchev–Trinajstić information content (AvgIpc) is 3.14. The minimum atomic E-state index is -3.48. The van der Waals surface area contributed by atoms with Gasteiger partial charge in [0.25, 0.3) is 0 Å². The molecule has 3 aromatic rings. The Morgan fingerprint density at radius 3 is 2.39 bits per heavy atom. The highest BCUT2D eigenvalue weighted by Gasteiger charge is 2.22. The van der Waals surface area contributed by atoms with Gasteiger partial charge in [-0.25, -0.2) is 8.42 Å². The molecule has 28 heavy (non-hydrogen) atoms. The second-order valence-corrected chi connectivity index (χ2v) is 8.76. The van der Waals surface area contributed by atoms with E-state index in [1.54, 1.807) is 31.3 Å². The number of nitrogens with zero attached hydrogens (tertiary/aromatic N) is 3. The Morgan fingerprint density at radius 1 is 1.07 bits per heavy atom. The SMILES string of the molecule is CC(C)N(C)S(=O)(=O)c1ccc(NCc2nc(Cc3ccccc3)no2)cc1. The summed E-state index contributed by atoms with van der Waals surface area (Å²) in [5.41, 5.74) is 1.89. The first-order valence-corrected chi connectivity index (χ1v) is 10.5. The molecular weight excluding hydrogens is 376 g/mol. The summed E-state index contributed by atoms with van der Waals surface area (Å²) in [5, 5.41) is 7.16. The summed E-state index contributed by atoms with van der Waals surface area (Å²) in [4.78, 5) is 4.64. The van der Waals surface area contributed by atoms with Gasteiger partial charge < -0.3 is 9.84 Å². The van der Waals surface area contributed by atoms with Gasteiger partial charge in [0, 0.05) is 25.2 Å². The van der Waals surface area contributed by atoms with Crippen LogP contribution in [-0.2, 0) is 23.0 Å². The first kappa shape index (κ1) is 20.0. The second-order valence-electron chi connectivity index (χ2n) is 6.76. The molecule has 0 fully saturated rings. The Morgan fingerprint density at radius 2 is 1.75 bits per heavy atom. The number of sulfonamides is 1. The molecule has 7 nitrogen and oxygen atoms in total. The molecule has 1 aromatic heterocycles. The molecule has 1 heterocycles. The van der Waals surface area contributed by atoms with E-state index in [0.717, 1.165) is 11.3 Å². The van der Waals surface area contributed by atoms with Gasteiger partial charge in [0.15, 0.2) is 5.82 Å². The zero-order chi connectivity index (χ0) is 20.1. The van der Waals surface area contributed by atoms with Crippen LogP contribution in [-0.4, -0.2) is 36.0 Å². The molecule has 8 heteroatoms. The lowest BCUT2D eigenvalue weighted by Gasteiger charge is -2.21. The van der Waals surface area contributed by atoms with Crippen molar-refractivity contribution in [2.24, 2.45) is 0 Å². The van der Waals surface area contributed by atoms with Crippen LogP contribution in [0.2, 0.25) is 0 Å². The third-order valence-corrected chi connectivity index (χ3v) is 6.47. The molecule has 3 rings (SSSR count). The van der Waals surface area contributed by atoms with Gasteiger partial charge in [-0.2, -0.15) is 9.29 Å². The van der Waals surface area contributed by atoms with Crippen LogP contribution >= 0.6 is 0 Å². The Balaban J connectivity index is 1.60. The normalized spacial score (nSPS) is 11.9. The van der Waals surface area contributed by atoms with Gasteiger partial charge in [-0.3, -0.25) is 0 Å². The molecule has 0 bridgehead atoms. The van der Waals surface area contributed by atoms with E-state index in [2.05, 4.69) is 15.5 Å². The van der Waals surface area contributed by atoms with Crippen LogP contribution in [0, 0.1) is 0 Å². The van der Waals surface area contributed by atoms with Gasteiger partial charge in [-0.15, -0.1) is 0 Å². The Labute approximate surface area is 165 Å². The molecule has 1 N–H and O–H groups in total. The Bertz CT molecular complexity index is 999. The zero-order valence-corrected chi connectivity index (χ0v) is 17.0. The molecule has 0 spiro atoms. The van der Waals surface area contributed by atoms with E-state index in [0.29, 0.717) is 24.7 Å². The van der Waals surface area contributed by atoms with E-state index >= 15 is 0 Å². The van der Waals surface area contributed by atoms with Crippen molar-refractivity contribution in [2.75, 3.05) is 12.4 Å². The first-order chi connectivity index (χ1) is 13.4. The number of nitrogens with one attached hydrogen (secondary N) is 1. The lowest BCUT2D eigenvalue weighted by molar-refractivity contribution is 0.378. The van der Waals surface area contributed by atoms with E-state index in [4.69, 9.17) is 4.52 Å². The summed E-state index contributed by atoms with van der Waals surface area (Å²) in [7, 11) is -1.91. The maximum atomic E-state index is 12.5. The summed E-state index contributed by atoms with van der Waals surface area (Å²) in [6, 6.07) is 16.5. The van der Waals surface area contributed by atoms with Crippen molar-refractivity contribution in [3.63, 3.8) is 0 Å². The lowest BCUT2D eigenvalue weighted by atomic mass is 10.1. The fourth-order valence-corrected chi connectivity index (χ4v) is 3.95.